The van der Waals surface area contributed by atoms with Crippen molar-refractivity contribution in [1.29, 1.82) is 0 Å². The van der Waals surface area contributed by atoms with E-state index in [1.807, 2.05) is 25.2 Å². The molecule has 1 unspecified atom stereocenters. The fourth-order valence-corrected chi connectivity index (χ4v) is 3.16. The van der Waals surface area contributed by atoms with E-state index in [2.05, 4.69) is 23.3 Å². The van der Waals surface area contributed by atoms with Gasteiger partial charge in [-0.25, -0.2) is 4.79 Å². The molecule has 0 amide bonds. The number of carbonyl (C=O) groups is 1. The van der Waals surface area contributed by atoms with Crippen molar-refractivity contribution >= 4 is 40.7 Å². The van der Waals surface area contributed by atoms with Crippen molar-refractivity contribution in [2.75, 3.05) is 11.9 Å². The minimum Gasteiger partial charge on any atom is -0.478 e. The molecule has 2 aromatic rings. The minimum atomic E-state index is -0.973. The molecule has 0 bridgehead atoms. The van der Waals surface area contributed by atoms with Crippen molar-refractivity contribution in [2.24, 2.45) is 0 Å². The lowest BCUT2D eigenvalue weighted by Crippen LogP contribution is -2.21. The fraction of sp³-hybridized carbons (Fsp3) is 0.188. The van der Waals surface area contributed by atoms with Gasteiger partial charge in [-0.15, -0.1) is 11.3 Å². The summed E-state index contributed by atoms with van der Waals surface area (Å²) in [5.74, 6) is -0.973. The van der Waals surface area contributed by atoms with Crippen LogP contribution in [0.3, 0.4) is 0 Å². The van der Waals surface area contributed by atoms with Gasteiger partial charge in [0.05, 0.1) is 16.8 Å². The summed E-state index contributed by atoms with van der Waals surface area (Å²) < 4.78 is 0. The van der Waals surface area contributed by atoms with Crippen LogP contribution in [0.2, 0.25) is 5.02 Å². The van der Waals surface area contributed by atoms with Crippen molar-refractivity contribution in [2.45, 2.75) is 13.0 Å². The Morgan fingerprint density at radius 2 is 2.19 bits per heavy atom. The van der Waals surface area contributed by atoms with E-state index in [9.17, 15) is 4.79 Å². The van der Waals surface area contributed by atoms with Crippen LogP contribution in [0.1, 0.15) is 23.4 Å². The first-order chi connectivity index (χ1) is 9.99. The molecule has 0 spiro atoms. The van der Waals surface area contributed by atoms with Crippen LogP contribution >= 0.6 is 22.9 Å². The van der Waals surface area contributed by atoms with Gasteiger partial charge in [0, 0.05) is 18.0 Å². The molecule has 110 valence electrons. The molecule has 21 heavy (non-hydrogen) atoms. The van der Waals surface area contributed by atoms with Gasteiger partial charge in [-0.2, -0.15) is 0 Å². The molecule has 0 aliphatic carbocycles. The number of rotatable bonds is 5. The van der Waals surface area contributed by atoms with Crippen molar-refractivity contribution in [3.05, 3.63) is 57.3 Å². The Labute approximate surface area is 133 Å². The lowest BCUT2D eigenvalue weighted by atomic mass is 10.1. The van der Waals surface area contributed by atoms with Crippen molar-refractivity contribution < 1.29 is 9.90 Å². The van der Waals surface area contributed by atoms with Gasteiger partial charge in [-0.1, -0.05) is 23.7 Å². The van der Waals surface area contributed by atoms with Gasteiger partial charge >= 0.3 is 5.97 Å². The van der Waals surface area contributed by atoms with Crippen LogP contribution in [0.25, 0.3) is 6.08 Å². The quantitative estimate of drug-likeness (QED) is 0.812. The molecule has 0 aliphatic heterocycles. The number of benzene rings is 1. The van der Waals surface area contributed by atoms with Gasteiger partial charge in [0.1, 0.15) is 0 Å². The summed E-state index contributed by atoms with van der Waals surface area (Å²) in [4.78, 5) is 13.9. The molecule has 1 N–H and O–H groups in total. The Hall–Kier alpha value is -1.78. The first kappa shape index (κ1) is 15.6. The van der Waals surface area contributed by atoms with E-state index in [0.29, 0.717) is 5.02 Å². The lowest BCUT2D eigenvalue weighted by molar-refractivity contribution is -0.131. The zero-order chi connectivity index (χ0) is 15.4. The largest absolute Gasteiger partial charge is 0.478 e. The second-order valence-electron chi connectivity index (χ2n) is 4.68. The molecule has 5 heteroatoms. The molecule has 0 fully saturated rings. The van der Waals surface area contributed by atoms with Gasteiger partial charge in [0.15, 0.2) is 0 Å². The second kappa shape index (κ2) is 6.78. The third kappa shape index (κ3) is 3.86. The number of hydrogen-bond donors (Lipinski definition) is 1. The summed E-state index contributed by atoms with van der Waals surface area (Å²) in [5.41, 5.74) is 1.69. The molecule has 0 radical (unpaired) electrons. The maximum atomic E-state index is 10.5. The predicted octanol–water partition coefficient (Wildman–Crippen LogP) is 4.70. The highest BCUT2D eigenvalue weighted by Crippen LogP contribution is 2.33. The highest BCUT2D eigenvalue weighted by molar-refractivity contribution is 7.10. The van der Waals surface area contributed by atoms with E-state index < -0.39 is 5.97 Å². The van der Waals surface area contributed by atoms with Crippen LogP contribution in [0.15, 0.2) is 41.8 Å². The normalized spacial score (nSPS) is 12.5. The van der Waals surface area contributed by atoms with E-state index in [-0.39, 0.29) is 6.04 Å². The van der Waals surface area contributed by atoms with Crippen LogP contribution in [0.4, 0.5) is 5.69 Å². The minimum absolute atomic E-state index is 0.225. The smallest absolute Gasteiger partial charge is 0.328 e. The molecule has 3 nitrogen and oxygen atoms in total. The second-order valence-corrected chi connectivity index (χ2v) is 6.07. The highest BCUT2D eigenvalue weighted by atomic mass is 35.5. The topological polar surface area (TPSA) is 40.5 Å². The monoisotopic (exact) mass is 321 g/mol. The van der Waals surface area contributed by atoms with Gasteiger partial charge in [-0.3, -0.25) is 0 Å². The molecule has 1 aromatic carbocycles. The Kier molecular flexibility index (Phi) is 5.04. The molecule has 1 heterocycles. The number of anilines is 1. The number of hydrogen-bond acceptors (Lipinski definition) is 3. The third-order valence-electron chi connectivity index (χ3n) is 3.31. The molecule has 2 rings (SSSR count). The molecule has 1 atom stereocenters. The van der Waals surface area contributed by atoms with Gasteiger partial charge in [0.2, 0.25) is 0 Å². The zero-order valence-corrected chi connectivity index (χ0v) is 13.4. The van der Waals surface area contributed by atoms with E-state index in [1.54, 1.807) is 17.4 Å². The van der Waals surface area contributed by atoms with Crippen LogP contribution < -0.4 is 4.90 Å². The maximum Gasteiger partial charge on any atom is 0.328 e. The fourth-order valence-electron chi connectivity index (χ4n) is 2.01. The van der Waals surface area contributed by atoms with Gasteiger partial charge < -0.3 is 10.0 Å². The molecule has 0 saturated carbocycles. The van der Waals surface area contributed by atoms with Crippen molar-refractivity contribution in [3.63, 3.8) is 0 Å². The number of aliphatic carboxylic acids is 1. The molecule has 1 aromatic heterocycles. The summed E-state index contributed by atoms with van der Waals surface area (Å²) in [7, 11) is 2.00. The summed E-state index contributed by atoms with van der Waals surface area (Å²) in [6.07, 6.45) is 2.63. The van der Waals surface area contributed by atoms with Gasteiger partial charge in [0.25, 0.3) is 0 Å². The Morgan fingerprint density at radius 1 is 1.43 bits per heavy atom. The number of nitrogens with zero attached hydrogens (tertiary/aromatic N) is 1. The lowest BCUT2D eigenvalue weighted by Gasteiger charge is -2.27. The van der Waals surface area contributed by atoms with E-state index >= 15 is 0 Å². The number of carboxylic acids is 1. The number of halogens is 1. The summed E-state index contributed by atoms with van der Waals surface area (Å²) >= 11 is 8.04. The number of thiophene rings is 1. The van der Waals surface area contributed by atoms with Crippen LogP contribution in [0.5, 0.6) is 0 Å². The Morgan fingerprint density at radius 3 is 2.76 bits per heavy atom. The summed E-state index contributed by atoms with van der Waals surface area (Å²) in [6.45, 7) is 2.13. The standard InChI is InChI=1S/C16H16ClNO2S/c1-11(15-4-3-9-21-15)18(2)14-7-5-12(10-13(14)17)6-8-16(19)20/h3-11H,1-2H3,(H,19,20)/b8-6+. The third-order valence-corrected chi connectivity index (χ3v) is 4.65. The van der Waals surface area contributed by atoms with Crippen molar-refractivity contribution in [3.8, 4) is 0 Å². The maximum absolute atomic E-state index is 10.5. The van der Waals surface area contributed by atoms with E-state index in [4.69, 9.17) is 16.7 Å². The average Bonchev–Trinajstić information content (AvgIpc) is 2.98. The average molecular weight is 322 g/mol. The Bertz CT molecular complexity index is 652. The van der Waals surface area contributed by atoms with Gasteiger partial charge in [-0.05, 0) is 42.1 Å². The zero-order valence-electron chi connectivity index (χ0n) is 11.8. The molecule has 0 saturated heterocycles. The predicted molar refractivity (Wildman–Crippen MR) is 89.3 cm³/mol. The van der Waals surface area contributed by atoms with E-state index in [0.717, 1.165) is 17.3 Å². The van der Waals surface area contributed by atoms with Crippen LogP contribution in [0, 0.1) is 0 Å². The van der Waals surface area contributed by atoms with Crippen LogP contribution in [-0.4, -0.2) is 18.1 Å². The molecule has 0 aliphatic rings. The highest BCUT2D eigenvalue weighted by Gasteiger charge is 2.15. The van der Waals surface area contributed by atoms with Crippen LogP contribution in [-0.2, 0) is 4.79 Å². The first-order valence-corrected chi connectivity index (χ1v) is 7.71. The molecular weight excluding hydrogens is 306 g/mol. The Balaban J connectivity index is 2.22. The van der Waals surface area contributed by atoms with Crippen molar-refractivity contribution in [1.82, 2.24) is 0 Å². The number of carboxylic acid groups (broad SMARTS) is 1. The summed E-state index contributed by atoms with van der Waals surface area (Å²) in [6, 6.07) is 9.90. The summed E-state index contributed by atoms with van der Waals surface area (Å²) in [5, 5.41) is 11.3. The SMILES string of the molecule is CC(c1cccs1)N(C)c1ccc(/C=C/C(=O)O)cc1Cl. The molecular formula is C16H16ClNO2S. The first-order valence-electron chi connectivity index (χ1n) is 6.46. The van der Waals surface area contributed by atoms with E-state index in [1.165, 1.54) is 11.0 Å².